The van der Waals surface area contributed by atoms with Gasteiger partial charge in [-0.15, -0.1) is 0 Å². The summed E-state index contributed by atoms with van der Waals surface area (Å²) in [5.41, 5.74) is 0.688. The van der Waals surface area contributed by atoms with Gasteiger partial charge in [-0.05, 0) is 24.8 Å². The molecule has 2 aliphatic rings. The molecule has 1 amide bonds. The molecule has 0 radical (unpaired) electrons. The van der Waals surface area contributed by atoms with E-state index in [0.717, 1.165) is 26.1 Å². The number of aromatic nitrogens is 1. The Bertz CT molecular complexity index is 471. The van der Waals surface area contributed by atoms with Crippen molar-refractivity contribution in [3.63, 3.8) is 0 Å². The molecule has 0 aromatic carbocycles. The predicted octanol–water partition coefficient (Wildman–Crippen LogP) is 1.50. The van der Waals surface area contributed by atoms with Crippen LogP contribution in [0.15, 0.2) is 12.3 Å². The Morgan fingerprint density at radius 1 is 1.50 bits per heavy atom. The van der Waals surface area contributed by atoms with Crippen molar-refractivity contribution in [1.29, 1.82) is 0 Å². The number of nitrogens with zero attached hydrogens (tertiary/aromatic N) is 2. The number of nitrogens with one attached hydrogen (secondary N) is 1. The first-order valence-electron chi connectivity index (χ1n) is 6.50. The minimum absolute atomic E-state index is 0.114. The Kier molecular flexibility index (Phi) is 3.08. The summed E-state index contributed by atoms with van der Waals surface area (Å²) in [5, 5.41) is 4.02. The van der Waals surface area contributed by atoms with Gasteiger partial charge in [0.15, 0.2) is 0 Å². The van der Waals surface area contributed by atoms with Crippen molar-refractivity contribution < 1.29 is 4.79 Å². The molecule has 4 nitrogen and oxygen atoms in total. The molecule has 1 aromatic rings. The van der Waals surface area contributed by atoms with Crippen LogP contribution in [0.2, 0.25) is 5.02 Å². The third kappa shape index (κ3) is 1.93. The van der Waals surface area contributed by atoms with Gasteiger partial charge in [0.05, 0.1) is 5.02 Å². The minimum atomic E-state index is 0.114. The second-order valence-corrected chi connectivity index (χ2v) is 5.72. The molecule has 0 saturated carbocycles. The Labute approximate surface area is 112 Å². The molecule has 1 aromatic heterocycles. The fourth-order valence-electron chi connectivity index (χ4n) is 3.20. The van der Waals surface area contributed by atoms with Crippen LogP contribution < -0.4 is 5.32 Å². The van der Waals surface area contributed by atoms with Crippen molar-refractivity contribution in [3.8, 4) is 0 Å². The van der Waals surface area contributed by atoms with E-state index in [1.54, 1.807) is 12.3 Å². The first-order valence-corrected chi connectivity index (χ1v) is 6.88. The molecular weight excluding hydrogens is 250 g/mol. The zero-order valence-electron chi connectivity index (χ0n) is 10.5. The van der Waals surface area contributed by atoms with Crippen molar-refractivity contribution in [2.24, 2.45) is 13.0 Å². The number of hydrogen-bond donors (Lipinski definition) is 1. The van der Waals surface area contributed by atoms with Crippen LogP contribution in [0.5, 0.6) is 0 Å². The number of likely N-dealkylation sites (tertiary alicyclic amines) is 1. The fourth-order valence-corrected chi connectivity index (χ4v) is 3.45. The number of carbonyl (C=O) groups excluding carboxylic acids is 1. The van der Waals surface area contributed by atoms with Gasteiger partial charge in [-0.3, -0.25) is 4.79 Å². The van der Waals surface area contributed by atoms with Gasteiger partial charge in [-0.25, -0.2) is 0 Å². The predicted molar refractivity (Wildman–Crippen MR) is 70.8 cm³/mol. The summed E-state index contributed by atoms with van der Waals surface area (Å²) in [6.07, 6.45) is 4.12. The molecule has 1 N–H and O–H groups in total. The molecule has 3 rings (SSSR count). The van der Waals surface area contributed by atoms with Gasteiger partial charge in [0.1, 0.15) is 5.69 Å². The molecule has 3 heterocycles. The monoisotopic (exact) mass is 267 g/mol. The zero-order valence-corrected chi connectivity index (χ0v) is 11.3. The number of piperidine rings is 1. The van der Waals surface area contributed by atoms with Gasteiger partial charge in [-0.1, -0.05) is 11.6 Å². The molecule has 2 atom stereocenters. The lowest BCUT2D eigenvalue weighted by atomic mass is 9.92. The summed E-state index contributed by atoms with van der Waals surface area (Å²) in [5.74, 6) is 0.737. The summed E-state index contributed by atoms with van der Waals surface area (Å²) < 4.78 is 1.82. The molecule has 0 aliphatic carbocycles. The number of amides is 1. The Hall–Kier alpha value is -1.00. The smallest absolute Gasteiger partial charge is 0.270 e. The van der Waals surface area contributed by atoms with Crippen molar-refractivity contribution in [2.45, 2.75) is 18.9 Å². The highest BCUT2D eigenvalue weighted by Gasteiger charge is 2.38. The number of halogens is 1. The normalized spacial score (nSPS) is 27.3. The molecule has 2 unspecified atom stereocenters. The number of fused-ring (bicyclic) bond motifs is 1. The lowest BCUT2D eigenvalue weighted by Gasteiger charge is -2.37. The van der Waals surface area contributed by atoms with E-state index in [9.17, 15) is 4.79 Å². The van der Waals surface area contributed by atoms with E-state index in [-0.39, 0.29) is 5.91 Å². The van der Waals surface area contributed by atoms with Gasteiger partial charge in [0.25, 0.3) is 5.91 Å². The third-order valence-corrected chi connectivity index (χ3v) is 4.34. The lowest BCUT2D eigenvalue weighted by Crippen LogP contribution is -2.48. The number of aryl methyl sites for hydroxylation is 1. The molecule has 2 aliphatic heterocycles. The Morgan fingerprint density at radius 2 is 2.33 bits per heavy atom. The number of carbonyl (C=O) groups is 1. The van der Waals surface area contributed by atoms with Crippen molar-refractivity contribution in [2.75, 3.05) is 19.6 Å². The maximum atomic E-state index is 12.6. The van der Waals surface area contributed by atoms with Crippen LogP contribution in [-0.2, 0) is 7.05 Å². The zero-order chi connectivity index (χ0) is 12.7. The van der Waals surface area contributed by atoms with Crippen LogP contribution in [0, 0.1) is 5.92 Å². The largest absolute Gasteiger partial charge is 0.345 e. The standard InChI is InChI=1S/C13H18ClN3O/c1-16-8-10(14)5-11(16)13(18)17-4-2-3-9-6-15-7-12(9)17/h5,8-9,12,15H,2-4,6-7H2,1H3. The van der Waals surface area contributed by atoms with E-state index in [0.29, 0.717) is 22.7 Å². The molecular formula is C13H18ClN3O. The van der Waals surface area contributed by atoms with Crippen LogP contribution in [-0.4, -0.2) is 41.1 Å². The SMILES string of the molecule is Cn1cc(Cl)cc1C(=O)N1CCCC2CNCC21. The summed E-state index contributed by atoms with van der Waals surface area (Å²) >= 11 is 5.96. The molecule has 5 heteroatoms. The van der Waals surface area contributed by atoms with E-state index in [1.165, 1.54) is 6.42 Å². The maximum Gasteiger partial charge on any atom is 0.270 e. The number of hydrogen-bond acceptors (Lipinski definition) is 2. The lowest BCUT2D eigenvalue weighted by molar-refractivity contribution is 0.0565. The van der Waals surface area contributed by atoms with Crippen molar-refractivity contribution in [1.82, 2.24) is 14.8 Å². The highest BCUT2D eigenvalue weighted by Crippen LogP contribution is 2.28. The molecule has 2 fully saturated rings. The van der Waals surface area contributed by atoms with E-state index in [4.69, 9.17) is 11.6 Å². The highest BCUT2D eigenvalue weighted by atomic mass is 35.5. The molecule has 2 saturated heterocycles. The van der Waals surface area contributed by atoms with Crippen LogP contribution in [0.1, 0.15) is 23.3 Å². The Morgan fingerprint density at radius 3 is 3.06 bits per heavy atom. The highest BCUT2D eigenvalue weighted by molar-refractivity contribution is 6.31. The molecule has 98 valence electrons. The van der Waals surface area contributed by atoms with Gasteiger partial charge in [-0.2, -0.15) is 0 Å². The Balaban J connectivity index is 1.85. The quantitative estimate of drug-likeness (QED) is 0.837. The van der Waals surface area contributed by atoms with E-state index in [2.05, 4.69) is 5.32 Å². The van der Waals surface area contributed by atoms with E-state index < -0.39 is 0 Å². The first kappa shape index (κ1) is 12.1. The summed E-state index contributed by atoms with van der Waals surface area (Å²) in [4.78, 5) is 14.6. The first-order chi connectivity index (χ1) is 8.66. The topological polar surface area (TPSA) is 37.3 Å². The van der Waals surface area contributed by atoms with Crippen molar-refractivity contribution in [3.05, 3.63) is 23.0 Å². The third-order valence-electron chi connectivity index (χ3n) is 4.13. The van der Waals surface area contributed by atoms with Gasteiger partial charge in [0.2, 0.25) is 0 Å². The maximum absolute atomic E-state index is 12.6. The van der Waals surface area contributed by atoms with Crippen LogP contribution in [0.3, 0.4) is 0 Å². The second kappa shape index (κ2) is 4.59. The molecule has 0 bridgehead atoms. The van der Waals surface area contributed by atoms with Gasteiger partial charge in [0, 0.05) is 38.9 Å². The summed E-state index contributed by atoms with van der Waals surface area (Å²) in [7, 11) is 1.87. The van der Waals surface area contributed by atoms with E-state index in [1.807, 2.05) is 16.5 Å². The molecule has 18 heavy (non-hydrogen) atoms. The van der Waals surface area contributed by atoms with Gasteiger partial charge >= 0.3 is 0 Å². The van der Waals surface area contributed by atoms with E-state index >= 15 is 0 Å². The minimum Gasteiger partial charge on any atom is -0.345 e. The second-order valence-electron chi connectivity index (χ2n) is 5.28. The average molecular weight is 268 g/mol. The summed E-state index contributed by atoms with van der Waals surface area (Å²) in [6.45, 7) is 2.83. The van der Waals surface area contributed by atoms with Crippen LogP contribution >= 0.6 is 11.6 Å². The number of rotatable bonds is 1. The molecule has 0 spiro atoms. The van der Waals surface area contributed by atoms with Crippen LogP contribution in [0.4, 0.5) is 0 Å². The van der Waals surface area contributed by atoms with Gasteiger partial charge < -0.3 is 14.8 Å². The van der Waals surface area contributed by atoms with Crippen LogP contribution in [0.25, 0.3) is 0 Å². The summed E-state index contributed by atoms with van der Waals surface area (Å²) in [6, 6.07) is 2.12. The average Bonchev–Trinajstić information content (AvgIpc) is 2.94. The van der Waals surface area contributed by atoms with Crippen molar-refractivity contribution >= 4 is 17.5 Å². The fraction of sp³-hybridized carbons (Fsp3) is 0.615.